The topological polar surface area (TPSA) is 66.8 Å². The molecular formula is C24H25FN4O2. The standard InChI is InChI=1S/C24H25FN4O2/c1-3-29(4-2)22-12-9-19(16-27-28-24(30)20-6-5-13-26-15-20)23(14-22)31-17-18-7-10-21(25)11-8-18/h5-16H,3-4,17H2,1-2H3,(H,28,30)/b27-16-. The normalized spacial score (nSPS) is 10.8. The van der Waals surface area contributed by atoms with Gasteiger partial charge in [0.25, 0.3) is 5.91 Å². The zero-order valence-corrected chi connectivity index (χ0v) is 17.6. The molecule has 160 valence electrons. The molecule has 0 aliphatic carbocycles. The van der Waals surface area contributed by atoms with E-state index in [9.17, 15) is 9.18 Å². The number of halogens is 1. The first kappa shape index (κ1) is 22.0. The summed E-state index contributed by atoms with van der Waals surface area (Å²) in [5.41, 5.74) is 5.50. The molecule has 0 radical (unpaired) electrons. The van der Waals surface area contributed by atoms with Gasteiger partial charge < -0.3 is 9.64 Å². The summed E-state index contributed by atoms with van der Waals surface area (Å²) in [5.74, 6) is -0.0181. The summed E-state index contributed by atoms with van der Waals surface area (Å²) < 4.78 is 19.2. The van der Waals surface area contributed by atoms with Crippen molar-refractivity contribution in [1.82, 2.24) is 10.4 Å². The van der Waals surface area contributed by atoms with Gasteiger partial charge in [0.2, 0.25) is 0 Å². The summed E-state index contributed by atoms with van der Waals surface area (Å²) in [5, 5.41) is 4.06. The maximum atomic E-state index is 13.2. The molecule has 3 rings (SSSR count). The number of carbonyl (C=O) groups excluding carboxylic acids is 1. The highest BCUT2D eigenvalue weighted by Gasteiger charge is 2.09. The zero-order chi connectivity index (χ0) is 22.1. The fraction of sp³-hybridized carbons (Fsp3) is 0.208. The molecule has 0 saturated carbocycles. The minimum atomic E-state index is -0.349. The van der Waals surface area contributed by atoms with E-state index in [1.807, 2.05) is 18.2 Å². The second-order valence-corrected chi connectivity index (χ2v) is 6.75. The lowest BCUT2D eigenvalue weighted by Gasteiger charge is -2.22. The Kier molecular flexibility index (Phi) is 7.70. The van der Waals surface area contributed by atoms with Crippen LogP contribution in [0.3, 0.4) is 0 Å². The molecule has 0 fully saturated rings. The van der Waals surface area contributed by atoms with Crippen molar-refractivity contribution in [3.8, 4) is 5.75 Å². The number of hydrazone groups is 1. The maximum absolute atomic E-state index is 13.2. The smallest absolute Gasteiger partial charge is 0.272 e. The number of nitrogens with zero attached hydrogens (tertiary/aromatic N) is 3. The van der Waals surface area contributed by atoms with Gasteiger partial charge in [-0.2, -0.15) is 5.10 Å². The van der Waals surface area contributed by atoms with Crippen molar-refractivity contribution in [2.75, 3.05) is 18.0 Å². The first-order chi connectivity index (χ1) is 15.1. The van der Waals surface area contributed by atoms with Crippen molar-refractivity contribution in [2.45, 2.75) is 20.5 Å². The van der Waals surface area contributed by atoms with Crippen LogP contribution < -0.4 is 15.1 Å². The lowest BCUT2D eigenvalue weighted by Crippen LogP contribution is -2.21. The van der Waals surface area contributed by atoms with Crippen molar-refractivity contribution in [3.63, 3.8) is 0 Å². The van der Waals surface area contributed by atoms with Gasteiger partial charge in [-0.1, -0.05) is 12.1 Å². The molecule has 0 aliphatic rings. The molecular weight excluding hydrogens is 395 g/mol. The molecule has 0 saturated heterocycles. The number of hydrogen-bond acceptors (Lipinski definition) is 5. The Labute approximate surface area is 181 Å². The average molecular weight is 420 g/mol. The third-order valence-electron chi connectivity index (χ3n) is 4.73. The molecule has 1 heterocycles. The van der Waals surface area contributed by atoms with Gasteiger partial charge >= 0.3 is 0 Å². The van der Waals surface area contributed by atoms with E-state index in [2.05, 4.69) is 34.3 Å². The van der Waals surface area contributed by atoms with E-state index in [4.69, 9.17) is 4.74 Å². The van der Waals surface area contributed by atoms with Crippen LogP contribution in [0.15, 0.2) is 72.1 Å². The summed E-state index contributed by atoms with van der Waals surface area (Å²) in [4.78, 5) is 18.3. The van der Waals surface area contributed by atoms with E-state index >= 15 is 0 Å². The number of amides is 1. The van der Waals surface area contributed by atoms with Crippen LogP contribution in [0.2, 0.25) is 0 Å². The van der Waals surface area contributed by atoms with Gasteiger partial charge in [-0.15, -0.1) is 0 Å². The molecule has 0 spiro atoms. The zero-order valence-electron chi connectivity index (χ0n) is 17.6. The Morgan fingerprint density at radius 3 is 2.61 bits per heavy atom. The highest BCUT2D eigenvalue weighted by molar-refractivity contribution is 5.94. The summed E-state index contributed by atoms with van der Waals surface area (Å²) in [6.07, 6.45) is 4.61. The van der Waals surface area contributed by atoms with Gasteiger partial charge in [0.05, 0.1) is 11.8 Å². The Balaban J connectivity index is 1.78. The second kappa shape index (κ2) is 10.9. The van der Waals surface area contributed by atoms with Gasteiger partial charge in [0.1, 0.15) is 18.2 Å². The quantitative estimate of drug-likeness (QED) is 0.411. The summed E-state index contributed by atoms with van der Waals surface area (Å²) >= 11 is 0. The van der Waals surface area contributed by atoms with Crippen LogP contribution in [0.5, 0.6) is 5.75 Å². The number of hydrogen-bond donors (Lipinski definition) is 1. The molecule has 0 unspecified atom stereocenters. The van der Waals surface area contributed by atoms with E-state index < -0.39 is 0 Å². The van der Waals surface area contributed by atoms with Crippen molar-refractivity contribution in [3.05, 3.63) is 89.5 Å². The van der Waals surface area contributed by atoms with Crippen LogP contribution in [-0.2, 0) is 6.61 Å². The minimum Gasteiger partial charge on any atom is -0.488 e. The first-order valence-electron chi connectivity index (χ1n) is 10.1. The van der Waals surface area contributed by atoms with E-state index in [0.29, 0.717) is 16.9 Å². The summed E-state index contributed by atoms with van der Waals surface area (Å²) in [7, 11) is 0. The van der Waals surface area contributed by atoms with E-state index in [0.717, 1.165) is 24.3 Å². The molecule has 0 aliphatic heterocycles. The fourth-order valence-corrected chi connectivity index (χ4v) is 3.00. The minimum absolute atomic E-state index is 0.283. The fourth-order valence-electron chi connectivity index (χ4n) is 3.00. The Hall–Kier alpha value is -3.74. The second-order valence-electron chi connectivity index (χ2n) is 6.75. The number of ether oxygens (including phenoxy) is 1. The van der Waals surface area contributed by atoms with Crippen molar-refractivity contribution >= 4 is 17.8 Å². The van der Waals surface area contributed by atoms with Crippen LogP contribution in [0.25, 0.3) is 0 Å². The Bertz CT molecular complexity index is 1020. The molecule has 1 amide bonds. The number of carbonyl (C=O) groups is 1. The third kappa shape index (κ3) is 6.12. The monoisotopic (exact) mass is 420 g/mol. The van der Waals surface area contributed by atoms with E-state index in [-0.39, 0.29) is 18.3 Å². The molecule has 6 nitrogen and oxygen atoms in total. The highest BCUT2D eigenvalue weighted by Crippen LogP contribution is 2.26. The third-order valence-corrected chi connectivity index (χ3v) is 4.73. The molecule has 1 aromatic heterocycles. The average Bonchev–Trinajstić information content (AvgIpc) is 2.81. The summed E-state index contributed by atoms with van der Waals surface area (Å²) in [6.45, 7) is 6.19. The number of aromatic nitrogens is 1. The van der Waals surface area contributed by atoms with Gasteiger partial charge in [-0.25, -0.2) is 9.82 Å². The number of rotatable bonds is 9. The van der Waals surface area contributed by atoms with Crippen LogP contribution >= 0.6 is 0 Å². The molecule has 1 N–H and O–H groups in total. The number of nitrogens with one attached hydrogen (secondary N) is 1. The molecule has 3 aromatic rings. The molecule has 2 aromatic carbocycles. The highest BCUT2D eigenvalue weighted by atomic mass is 19.1. The van der Waals surface area contributed by atoms with Crippen molar-refractivity contribution in [1.29, 1.82) is 0 Å². The van der Waals surface area contributed by atoms with Crippen molar-refractivity contribution in [2.24, 2.45) is 5.10 Å². The predicted molar refractivity (Wildman–Crippen MR) is 120 cm³/mol. The van der Waals surface area contributed by atoms with Crippen LogP contribution in [-0.4, -0.2) is 30.2 Å². The van der Waals surface area contributed by atoms with Crippen LogP contribution in [0.1, 0.15) is 35.3 Å². The van der Waals surface area contributed by atoms with Gasteiger partial charge in [-0.05, 0) is 55.8 Å². The van der Waals surface area contributed by atoms with Crippen LogP contribution in [0, 0.1) is 5.82 Å². The number of benzene rings is 2. The molecule has 31 heavy (non-hydrogen) atoms. The van der Waals surface area contributed by atoms with Gasteiger partial charge in [0, 0.05) is 42.8 Å². The first-order valence-corrected chi connectivity index (χ1v) is 10.1. The SMILES string of the molecule is CCN(CC)c1ccc(/C=N\NC(=O)c2cccnc2)c(OCc2ccc(F)cc2)c1. The van der Waals surface area contributed by atoms with E-state index in [1.165, 1.54) is 18.3 Å². The lowest BCUT2D eigenvalue weighted by atomic mass is 10.1. The molecule has 7 heteroatoms. The van der Waals surface area contributed by atoms with Gasteiger partial charge in [-0.3, -0.25) is 9.78 Å². The summed E-state index contributed by atoms with van der Waals surface area (Å²) in [6, 6.07) is 15.4. The van der Waals surface area contributed by atoms with E-state index in [1.54, 1.807) is 36.7 Å². The lowest BCUT2D eigenvalue weighted by molar-refractivity contribution is 0.0954. The van der Waals surface area contributed by atoms with Crippen molar-refractivity contribution < 1.29 is 13.9 Å². The van der Waals surface area contributed by atoms with Crippen LogP contribution in [0.4, 0.5) is 10.1 Å². The Morgan fingerprint density at radius 2 is 1.94 bits per heavy atom. The Morgan fingerprint density at radius 1 is 1.16 bits per heavy atom. The number of pyridine rings is 1. The predicted octanol–water partition coefficient (Wildman–Crippen LogP) is 4.41. The molecule has 0 bridgehead atoms. The molecule has 0 atom stereocenters. The maximum Gasteiger partial charge on any atom is 0.272 e. The largest absolute Gasteiger partial charge is 0.488 e. The number of anilines is 1. The van der Waals surface area contributed by atoms with Gasteiger partial charge in [0.15, 0.2) is 0 Å².